The number of aromatic nitrogens is 1. The van der Waals surface area contributed by atoms with Gasteiger partial charge in [0.1, 0.15) is 11.4 Å². The highest BCUT2D eigenvalue weighted by Crippen LogP contribution is 2.41. The normalized spacial score (nSPS) is 20.0. The van der Waals surface area contributed by atoms with Crippen molar-refractivity contribution < 1.29 is 9.53 Å². The summed E-state index contributed by atoms with van der Waals surface area (Å²) in [6, 6.07) is 4.11. The highest BCUT2D eigenvalue weighted by atomic mass is 16.6. The number of rotatable bonds is 1. The van der Waals surface area contributed by atoms with Crippen LogP contribution < -0.4 is 4.90 Å². The summed E-state index contributed by atoms with van der Waals surface area (Å²) in [7, 11) is 0. The summed E-state index contributed by atoms with van der Waals surface area (Å²) in [4.78, 5) is 20.4. The van der Waals surface area contributed by atoms with E-state index in [-0.39, 0.29) is 11.5 Å². The molecular weight excluding hydrogens is 266 g/mol. The van der Waals surface area contributed by atoms with Crippen molar-refractivity contribution in [2.45, 2.75) is 33.3 Å². The van der Waals surface area contributed by atoms with Gasteiger partial charge in [0.15, 0.2) is 0 Å². The van der Waals surface area contributed by atoms with Gasteiger partial charge in [0, 0.05) is 37.8 Å². The Labute approximate surface area is 125 Å². The van der Waals surface area contributed by atoms with E-state index < -0.39 is 5.60 Å². The molecule has 0 radical (unpaired) electrons. The molecule has 21 heavy (non-hydrogen) atoms. The molecule has 1 amide bonds. The molecule has 1 spiro atoms. The van der Waals surface area contributed by atoms with Crippen LogP contribution in [0.2, 0.25) is 0 Å². The molecule has 2 saturated heterocycles. The Kier molecular flexibility index (Phi) is 3.11. The number of ether oxygens (including phenoxy) is 1. The summed E-state index contributed by atoms with van der Waals surface area (Å²) in [5.74, 6) is 1.04. The molecular formula is C16H23N3O2. The van der Waals surface area contributed by atoms with Crippen LogP contribution in [0.4, 0.5) is 10.6 Å². The first kappa shape index (κ1) is 14.2. The van der Waals surface area contributed by atoms with E-state index in [1.807, 2.05) is 33.0 Å². The lowest BCUT2D eigenvalue weighted by molar-refractivity contribution is -0.0454. The Balaban J connectivity index is 1.51. The zero-order valence-electron chi connectivity index (χ0n) is 13.2. The van der Waals surface area contributed by atoms with Crippen LogP contribution in [0.15, 0.2) is 18.3 Å². The summed E-state index contributed by atoms with van der Waals surface area (Å²) >= 11 is 0. The monoisotopic (exact) mass is 289 g/mol. The molecule has 114 valence electrons. The summed E-state index contributed by atoms with van der Waals surface area (Å²) in [6.07, 6.45) is 1.66. The van der Waals surface area contributed by atoms with Gasteiger partial charge in [-0.2, -0.15) is 0 Å². The average Bonchev–Trinajstić information content (AvgIpc) is 2.22. The molecule has 0 N–H and O–H groups in total. The van der Waals surface area contributed by atoms with Gasteiger partial charge in [-0.3, -0.25) is 0 Å². The second-order valence-corrected chi connectivity index (χ2v) is 7.38. The average molecular weight is 289 g/mol. The second-order valence-electron chi connectivity index (χ2n) is 7.38. The largest absolute Gasteiger partial charge is 0.444 e. The lowest BCUT2D eigenvalue weighted by Crippen LogP contribution is -2.73. The van der Waals surface area contributed by atoms with Gasteiger partial charge in [-0.25, -0.2) is 9.78 Å². The topological polar surface area (TPSA) is 45.7 Å². The van der Waals surface area contributed by atoms with Crippen molar-refractivity contribution in [3.8, 4) is 0 Å². The minimum atomic E-state index is -0.420. The first-order chi connectivity index (χ1) is 9.76. The Bertz CT molecular complexity index is 551. The van der Waals surface area contributed by atoms with Crippen molar-refractivity contribution in [3.63, 3.8) is 0 Å². The van der Waals surface area contributed by atoms with Crippen LogP contribution >= 0.6 is 0 Å². The summed E-state index contributed by atoms with van der Waals surface area (Å²) in [6.45, 7) is 11.3. The smallest absolute Gasteiger partial charge is 0.410 e. The van der Waals surface area contributed by atoms with Crippen LogP contribution in [-0.2, 0) is 4.74 Å². The van der Waals surface area contributed by atoms with E-state index in [1.54, 1.807) is 4.90 Å². The van der Waals surface area contributed by atoms with Crippen molar-refractivity contribution in [3.05, 3.63) is 23.9 Å². The van der Waals surface area contributed by atoms with Crippen molar-refractivity contribution in [1.29, 1.82) is 0 Å². The van der Waals surface area contributed by atoms with E-state index in [1.165, 1.54) is 5.56 Å². The number of hydrogen-bond acceptors (Lipinski definition) is 4. The number of pyridine rings is 1. The zero-order valence-corrected chi connectivity index (χ0v) is 13.2. The maximum Gasteiger partial charge on any atom is 0.410 e. The number of hydrogen-bond donors (Lipinski definition) is 0. The van der Waals surface area contributed by atoms with Gasteiger partial charge in [0.2, 0.25) is 0 Å². The summed E-state index contributed by atoms with van der Waals surface area (Å²) in [5.41, 5.74) is 1.06. The number of anilines is 1. The fraction of sp³-hybridized carbons (Fsp3) is 0.625. The van der Waals surface area contributed by atoms with E-state index in [2.05, 4.69) is 22.9 Å². The van der Waals surface area contributed by atoms with Gasteiger partial charge < -0.3 is 14.5 Å². The van der Waals surface area contributed by atoms with Crippen LogP contribution in [0.3, 0.4) is 0 Å². The van der Waals surface area contributed by atoms with E-state index in [0.29, 0.717) is 0 Å². The number of likely N-dealkylation sites (tertiary alicyclic amines) is 1. The molecule has 5 heteroatoms. The third kappa shape index (κ3) is 2.82. The molecule has 0 aromatic carbocycles. The Morgan fingerprint density at radius 2 is 1.95 bits per heavy atom. The molecule has 5 nitrogen and oxygen atoms in total. The fourth-order valence-electron chi connectivity index (χ4n) is 3.04. The molecule has 0 saturated carbocycles. The molecule has 2 fully saturated rings. The highest BCUT2D eigenvalue weighted by Gasteiger charge is 2.54. The quantitative estimate of drug-likeness (QED) is 0.796. The van der Waals surface area contributed by atoms with E-state index >= 15 is 0 Å². The molecule has 0 bridgehead atoms. The van der Waals surface area contributed by atoms with Crippen molar-refractivity contribution in [2.24, 2.45) is 5.41 Å². The minimum Gasteiger partial charge on any atom is -0.444 e. The Hall–Kier alpha value is -1.78. The molecule has 1 aromatic heterocycles. The molecule has 2 aliphatic heterocycles. The Morgan fingerprint density at radius 3 is 2.52 bits per heavy atom. The van der Waals surface area contributed by atoms with Crippen LogP contribution in [0.5, 0.6) is 0 Å². The first-order valence-corrected chi connectivity index (χ1v) is 7.42. The Morgan fingerprint density at radius 1 is 1.29 bits per heavy atom. The number of nitrogens with zero attached hydrogens (tertiary/aromatic N) is 3. The minimum absolute atomic E-state index is 0.194. The highest BCUT2D eigenvalue weighted by molar-refractivity contribution is 5.70. The van der Waals surface area contributed by atoms with Gasteiger partial charge in [-0.05, 0) is 45.4 Å². The maximum absolute atomic E-state index is 11.9. The van der Waals surface area contributed by atoms with E-state index in [0.717, 1.165) is 32.0 Å². The van der Waals surface area contributed by atoms with Gasteiger partial charge in [-0.15, -0.1) is 0 Å². The van der Waals surface area contributed by atoms with Gasteiger partial charge in [0.25, 0.3) is 0 Å². The molecule has 2 aliphatic rings. The van der Waals surface area contributed by atoms with Gasteiger partial charge in [0.05, 0.1) is 0 Å². The lowest BCUT2D eigenvalue weighted by atomic mass is 9.73. The molecule has 0 aliphatic carbocycles. The van der Waals surface area contributed by atoms with E-state index in [9.17, 15) is 4.79 Å². The van der Waals surface area contributed by atoms with Crippen LogP contribution in [0.25, 0.3) is 0 Å². The standard InChI is InChI=1S/C16H23N3O2/c1-12-5-6-17-13(7-12)18-8-16(9-18)10-19(11-16)14(20)21-15(2,3)4/h5-7H,8-11H2,1-4H3. The van der Waals surface area contributed by atoms with Crippen LogP contribution in [0, 0.1) is 12.3 Å². The van der Waals surface area contributed by atoms with Crippen LogP contribution in [-0.4, -0.2) is 47.8 Å². The fourth-order valence-corrected chi connectivity index (χ4v) is 3.04. The number of carbonyl (C=O) groups is 1. The van der Waals surface area contributed by atoms with Crippen LogP contribution in [0.1, 0.15) is 26.3 Å². The summed E-state index contributed by atoms with van der Waals surface area (Å²) < 4.78 is 5.39. The molecule has 0 atom stereocenters. The van der Waals surface area contributed by atoms with Gasteiger partial charge >= 0.3 is 6.09 Å². The predicted molar refractivity (Wildman–Crippen MR) is 81.4 cm³/mol. The van der Waals surface area contributed by atoms with Gasteiger partial charge in [-0.1, -0.05) is 0 Å². The third-order valence-corrected chi connectivity index (χ3v) is 3.98. The molecule has 3 rings (SSSR count). The predicted octanol–water partition coefficient (Wildman–Crippen LogP) is 2.45. The maximum atomic E-state index is 11.9. The number of carbonyl (C=O) groups excluding carboxylic acids is 1. The summed E-state index contributed by atoms with van der Waals surface area (Å²) in [5, 5.41) is 0. The number of aryl methyl sites for hydroxylation is 1. The molecule has 1 aromatic rings. The van der Waals surface area contributed by atoms with Crippen molar-refractivity contribution in [2.75, 3.05) is 31.1 Å². The SMILES string of the molecule is Cc1ccnc(N2CC3(CN(C(=O)OC(C)(C)C)C3)C2)c1. The molecule has 0 unspecified atom stereocenters. The lowest BCUT2D eigenvalue weighted by Gasteiger charge is -2.60. The van der Waals surface area contributed by atoms with Crippen molar-refractivity contribution >= 4 is 11.9 Å². The second kappa shape index (κ2) is 4.61. The first-order valence-electron chi connectivity index (χ1n) is 7.42. The number of amides is 1. The van der Waals surface area contributed by atoms with E-state index in [4.69, 9.17) is 4.74 Å². The third-order valence-electron chi connectivity index (χ3n) is 3.98. The van der Waals surface area contributed by atoms with Crippen molar-refractivity contribution in [1.82, 2.24) is 9.88 Å². The molecule has 3 heterocycles. The zero-order chi connectivity index (χ0) is 15.3.